The molecule has 0 aliphatic rings. The van der Waals surface area contributed by atoms with E-state index in [2.05, 4.69) is 45.4 Å². The Bertz CT molecular complexity index is 272. The fourth-order valence-corrected chi connectivity index (χ4v) is 1.11. The summed E-state index contributed by atoms with van der Waals surface area (Å²) in [5.41, 5.74) is 2.27. The molecule has 0 atom stereocenters. The number of rotatable bonds is 2. The van der Waals surface area contributed by atoms with Crippen molar-refractivity contribution in [2.45, 2.75) is 47.0 Å². The van der Waals surface area contributed by atoms with Gasteiger partial charge in [-0.2, -0.15) is 5.10 Å². The van der Waals surface area contributed by atoms with Crippen LogP contribution in [0.2, 0.25) is 0 Å². The van der Waals surface area contributed by atoms with Crippen LogP contribution in [0.25, 0.3) is 6.20 Å². The third-order valence-corrected chi connectivity index (χ3v) is 1.65. The van der Waals surface area contributed by atoms with Crippen molar-refractivity contribution in [2.75, 3.05) is 0 Å². The molecule has 0 radical (unpaired) electrons. The summed E-state index contributed by atoms with van der Waals surface area (Å²) in [6, 6.07) is 2.09. The first-order valence-corrected chi connectivity index (χ1v) is 5.25. The van der Waals surface area contributed by atoms with Crippen LogP contribution >= 0.6 is 0 Å². The average molecular weight is 194 g/mol. The number of aryl methyl sites for hydroxylation is 1. The van der Waals surface area contributed by atoms with Gasteiger partial charge in [0.15, 0.2) is 0 Å². The van der Waals surface area contributed by atoms with Crippen LogP contribution in [0.5, 0.6) is 0 Å². The Hall–Kier alpha value is -1.05. The van der Waals surface area contributed by atoms with Gasteiger partial charge in [-0.15, -0.1) is 0 Å². The van der Waals surface area contributed by atoms with Gasteiger partial charge in [0.1, 0.15) is 0 Å². The summed E-state index contributed by atoms with van der Waals surface area (Å²) in [5.74, 6) is 0.509. The SMILES string of the molecule is C=Cn1nc(C)cc1C(C)C.CCC. The maximum absolute atomic E-state index is 4.25. The second-order valence-corrected chi connectivity index (χ2v) is 3.70. The Morgan fingerprint density at radius 3 is 2.29 bits per heavy atom. The van der Waals surface area contributed by atoms with Gasteiger partial charge in [0, 0.05) is 11.9 Å². The molecular weight excluding hydrogens is 172 g/mol. The molecule has 0 aliphatic heterocycles. The van der Waals surface area contributed by atoms with Crippen LogP contribution in [0, 0.1) is 6.92 Å². The van der Waals surface area contributed by atoms with E-state index in [1.54, 1.807) is 6.20 Å². The topological polar surface area (TPSA) is 17.8 Å². The normalized spacial score (nSPS) is 9.57. The Labute approximate surface area is 87.6 Å². The molecule has 0 aliphatic carbocycles. The Balaban J connectivity index is 0.000000500. The molecule has 80 valence electrons. The monoisotopic (exact) mass is 194 g/mol. The lowest BCUT2D eigenvalue weighted by Gasteiger charge is -2.03. The molecule has 0 spiro atoms. The van der Waals surface area contributed by atoms with Gasteiger partial charge < -0.3 is 0 Å². The second-order valence-electron chi connectivity index (χ2n) is 3.70. The average Bonchev–Trinajstić information content (AvgIpc) is 2.48. The lowest BCUT2D eigenvalue weighted by Crippen LogP contribution is -1.97. The smallest absolute Gasteiger partial charge is 0.0600 e. The summed E-state index contributed by atoms with van der Waals surface area (Å²) < 4.78 is 1.83. The number of nitrogens with zero attached hydrogens (tertiary/aromatic N) is 2. The molecule has 2 nitrogen and oxygen atoms in total. The summed E-state index contributed by atoms with van der Waals surface area (Å²) in [7, 11) is 0. The van der Waals surface area contributed by atoms with Crippen molar-refractivity contribution in [3.05, 3.63) is 24.0 Å². The largest absolute Gasteiger partial charge is 0.245 e. The number of hydrogen-bond acceptors (Lipinski definition) is 1. The van der Waals surface area contributed by atoms with Gasteiger partial charge in [0.05, 0.1) is 5.69 Å². The number of aromatic nitrogens is 2. The van der Waals surface area contributed by atoms with Crippen LogP contribution in [-0.4, -0.2) is 9.78 Å². The van der Waals surface area contributed by atoms with E-state index in [9.17, 15) is 0 Å². The fraction of sp³-hybridized carbons (Fsp3) is 0.583. The number of hydrogen-bond donors (Lipinski definition) is 0. The molecule has 0 amide bonds. The quantitative estimate of drug-likeness (QED) is 0.699. The molecule has 2 heteroatoms. The summed E-state index contributed by atoms with van der Waals surface area (Å²) in [6.07, 6.45) is 2.99. The van der Waals surface area contributed by atoms with Gasteiger partial charge in [-0.3, -0.25) is 0 Å². The predicted octanol–water partition coefficient (Wildman–Crippen LogP) is 3.83. The molecule has 0 unspecified atom stereocenters. The lowest BCUT2D eigenvalue weighted by molar-refractivity contribution is 0.755. The van der Waals surface area contributed by atoms with Crippen LogP contribution in [0.1, 0.15) is 51.4 Å². The summed E-state index contributed by atoms with van der Waals surface area (Å²) in [4.78, 5) is 0. The molecule has 0 N–H and O–H groups in total. The first-order valence-electron chi connectivity index (χ1n) is 5.25. The minimum absolute atomic E-state index is 0.509. The van der Waals surface area contributed by atoms with E-state index in [1.807, 2.05) is 11.6 Å². The van der Waals surface area contributed by atoms with Gasteiger partial charge in [-0.1, -0.05) is 40.7 Å². The van der Waals surface area contributed by atoms with E-state index in [-0.39, 0.29) is 0 Å². The van der Waals surface area contributed by atoms with E-state index in [1.165, 1.54) is 12.1 Å². The lowest BCUT2D eigenvalue weighted by atomic mass is 10.1. The summed E-state index contributed by atoms with van der Waals surface area (Å²) in [6.45, 7) is 14.2. The molecule has 0 bridgehead atoms. The van der Waals surface area contributed by atoms with Crippen LogP contribution < -0.4 is 0 Å². The molecular formula is C12H22N2. The van der Waals surface area contributed by atoms with E-state index in [4.69, 9.17) is 0 Å². The van der Waals surface area contributed by atoms with Crippen molar-refractivity contribution in [3.63, 3.8) is 0 Å². The molecule has 0 saturated heterocycles. The highest BCUT2D eigenvalue weighted by molar-refractivity contribution is 5.24. The second kappa shape index (κ2) is 6.41. The van der Waals surface area contributed by atoms with Crippen molar-refractivity contribution in [1.29, 1.82) is 0 Å². The highest BCUT2D eigenvalue weighted by Crippen LogP contribution is 2.15. The third kappa shape index (κ3) is 3.77. The summed E-state index contributed by atoms with van der Waals surface area (Å²) in [5, 5.41) is 4.25. The zero-order valence-corrected chi connectivity index (χ0v) is 10.0. The van der Waals surface area contributed by atoms with Crippen molar-refractivity contribution in [3.8, 4) is 0 Å². The molecule has 1 aromatic heterocycles. The van der Waals surface area contributed by atoms with Gasteiger partial charge in [-0.05, 0) is 18.9 Å². The van der Waals surface area contributed by atoms with Crippen LogP contribution in [0.15, 0.2) is 12.6 Å². The highest BCUT2D eigenvalue weighted by Gasteiger charge is 2.05. The molecule has 1 aromatic rings. The maximum Gasteiger partial charge on any atom is 0.0600 e. The van der Waals surface area contributed by atoms with E-state index in [0.29, 0.717) is 5.92 Å². The van der Waals surface area contributed by atoms with E-state index < -0.39 is 0 Å². The molecule has 0 aromatic carbocycles. The first-order chi connectivity index (χ1) is 6.56. The van der Waals surface area contributed by atoms with Crippen LogP contribution in [0.4, 0.5) is 0 Å². The molecule has 1 rings (SSSR count). The van der Waals surface area contributed by atoms with E-state index >= 15 is 0 Å². The summed E-state index contributed by atoms with van der Waals surface area (Å²) >= 11 is 0. The maximum atomic E-state index is 4.25. The Morgan fingerprint density at radius 2 is 2.00 bits per heavy atom. The van der Waals surface area contributed by atoms with Gasteiger partial charge in [0.25, 0.3) is 0 Å². The van der Waals surface area contributed by atoms with Crippen molar-refractivity contribution in [2.24, 2.45) is 0 Å². The predicted molar refractivity (Wildman–Crippen MR) is 63.4 cm³/mol. The molecule has 14 heavy (non-hydrogen) atoms. The highest BCUT2D eigenvalue weighted by atomic mass is 15.3. The first kappa shape index (κ1) is 12.9. The zero-order chi connectivity index (χ0) is 11.1. The Kier molecular flexibility index (Phi) is 5.93. The molecule has 1 heterocycles. The van der Waals surface area contributed by atoms with Gasteiger partial charge >= 0.3 is 0 Å². The van der Waals surface area contributed by atoms with Crippen LogP contribution in [-0.2, 0) is 0 Å². The molecule has 0 fully saturated rings. The molecule has 0 saturated carbocycles. The van der Waals surface area contributed by atoms with Gasteiger partial charge in [0.2, 0.25) is 0 Å². The van der Waals surface area contributed by atoms with Crippen molar-refractivity contribution < 1.29 is 0 Å². The Morgan fingerprint density at radius 1 is 1.50 bits per heavy atom. The van der Waals surface area contributed by atoms with E-state index in [0.717, 1.165) is 5.69 Å². The third-order valence-electron chi connectivity index (χ3n) is 1.65. The minimum atomic E-state index is 0.509. The van der Waals surface area contributed by atoms with Crippen LogP contribution in [0.3, 0.4) is 0 Å². The zero-order valence-electron chi connectivity index (χ0n) is 10.0. The van der Waals surface area contributed by atoms with Crippen molar-refractivity contribution in [1.82, 2.24) is 9.78 Å². The minimum Gasteiger partial charge on any atom is -0.245 e. The fourth-order valence-electron chi connectivity index (χ4n) is 1.11. The van der Waals surface area contributed by atoms with Gasteiger partial charge in [-0.25, -0.2) is 4.68 Å². The van der Waals surface area contributed by atoms with Crippen molar-refractivity contribution >= 4 is 6.20 Å². The standard InChI is InChI=1S/C9H14N2.C3H8/c1-5-11-9(7(2)3)6-8(4)10-11;1-3-2/h5-7H,1H2,2-4H3;3H2,1-2H3.